The quantitative estimate of drug-likeness (QED) is 0.852. The summed E-state index contributed by atoms with van der Waals surface area (Å²) in [5, 5.41) is 3.48. The maximum absolute atomic E-state index is 6.05. The second kappa shape index (κ2) is 3.88. The number of fused-ring (bicyclic) bond motifs is 1. The number of aromatic nitrogens is 3. The van der Waals surface area contributed by atoms with E-state index in [1.807, 2.05) is 30.2 Å². The Bertz CT molecular complexity index is 539. The topological polar surface area (TPSA) is 42.7 Å². The standard InChI is InChI=1S/C12H15ClN4/c1-17-8-15-10-9(17)3-6-14-11(10)16-12(7-13)4-2-5-12/h3,6,8H,2,4-5,7H2,1H3,(H,14,16). The Balaban J connectivity index is 2.00. The van der Waals surface area contributed by atoms with E-state index >= 15 is 0 Å². The Morgan fingerprint density at radius 3 is 2.94 bits per heavy atom. The average molecular weight is 251 g/mol. The molecule has 0 saturated heterocycles. The first kappa shape index (κ1) is 10.8. The van der Waals surface area contributed by atoms with E-state index in [2.05, 4.69) is 15.3 Å². The summed E-state index contributed by atoms with van der Waals surface area (Å²) in [6.45, 7) is 0. The van der Waals surface area contributed by atoms with Crippen molar-refractivity contribution in [1.82, 2.24) is 14.5 Å². The van der Waals surface area contributed by atoms with Gasteiger partial charge in [-0.1, -0.05) is 0 Å². The van der Waals surface area contributed by atoms with Crippen LogP contribution in [0, 0.1) is 0 Å². The highest BCUT2D eigenvalue weighted by molar-refractivity contribution is 6.19. The Hall–Kier alpha value is -1.29. The molecule has 17 heavy (non-hydrogen) atoms. The number of hydrogen-bond donors (Lipinski definition) is 1. The summed E-state index contributed by atoms with van der Waals surface area (Å²) in [5.74, 6) is 1.47. The number of halogens is 1. The fourth-order valence-corrected chi connectivity index (χ4v) is 2.63. The highest BCUT2D eigenvalue weighted by Gasteiger charge is 2.36. The van der Waals surface area contributed by atoms with Gasteiger partial charge in [-0.15, -0.1) is 11.6 Å². The predicted molar refractivity (Wildman–Crippen MR) is 69.4 cm³/mol. The third-order valence-corrected chi connectivity index (χ3v) is 4.10. The van der Waals surface area contributed by atoms with Gasteiger partial charge in [0.05, 0.1) is 17.4 Å². The van der Waals surface area contributed by atoms with Crippen LogP contribution < -0.4 is 5.32 Å². The van der Waals surface area contributed by atoms with Crippen LogP contribution in [0.3, 0.4) is 0 Å². The molecular formula is C12H15ClN4. The van der Waals surface area contributed by atoms with Gasteiger partial charge in [0.2, 0.25) is 0 Å². The van der Waals surface area contributed by atoms with Crippen LogP contribution >= 0.6 is 11.6 Å². The van der Waals surface area contributed by atoms with Crippen molar-refractivity contribution in [1.29, 1.82) is 0 Å². The van der Waals surface area contributed by atoms with Crippen LogP contribution in [0.1, 0.15) is 19.3 Å². The van der Waals surface area contributed by atoms with Gasteiger partial charge in [-0.05, 0) is 25.3 Å². The molecule has 0 atom stereocenters. The molecule has 3 rings (SSSR count). The number of rotatable bonds is 3. The van der Waals surface area contributed by atoms with Crippen LogP contribution in [0.2, 0.25) is 0 Å². The number of nitrogens with zero attached hydrogens (tertiary/aromatic N) is 3. The highest BCUT2D eigenvalue weighted by Crippen LogP contribution is 2.37. The van der Waals surface area contributed by atoms with E-state index in [1.54, 1.807) is 0 Å². The lowest BCUT2D eigenvalue weighted by Gasteiger charge is -2.41. The van der Waals surface area contributed by atoms with Gasteiger partial charge in [0.25, 0.3) is 0 Å². The zero-order chi connectivity index (χ0) is 11.9. The summed E-state index contributed by atoms with van der Waals surface area (Å²) in [4.78, 5) is 8.78. The fourth-order valence-electron chi connectivity index (χ4n) is 2.30. The number of nitrogens with one attached hydrogen (secondary N) is 1. The van der Waals surface area contributed by atoms with E-state index in [4.69, 9.17) is 11.6 Å². The maximum Gasteiger partial charge on any atom is 0.154 e. The Morgan fingerprint density at radius 1 is 1.47 bits per heavy atom. The van der Waals surface area contributed by atoms with E-state index < -0.39 is 0 Å². The number of pyridine rings is 1. The van der Waals surface area contributed by atoms with Gasteiger partial charge < -0.3 is 9.88 Å². The maximum atomic E-state index is 6.05. The van der Waals surface area contributed by atoms with Crippen LogP contribution in [0.5, 0.6) is 0 Å². The van der Waals surface area contributed by atoms with Gasteiger partial charge in [0, 0.05) is 19.1 Å². The van der Waals surface area contributed by atoms with Crippen LogP contribution in [-0.2, 0) is 7.05 Å². The molecule has 4 nitrogen and oxygen atoms in total. The molecule has 1 saturated carbocycles. The summed E-state index contributed by atoms with van der Waals surface area (Å²) < 4.78 is 2.00. The Morgan fingerprint density at radius 2 is 2.29 bits per heavy atom. The lowest BCUT2D eigenvalue weighted by molar-refractivity contribution is 0.310. The van der Waals surface area contributed by atoms with Gasteiger partial charge >= 0.3 is 0 Å². The largest absolute Gasteiger partial charge is 0.362 e. The molecule has 0 aliphatic heterocycles. The molecule has 2 aromatic heterocycles. The second-order valence-corrected chi connectivity index (χ2v) is 5.04. The normalized spacial score (nSPS) is 18.0. The van der Waals surface area contributed by atoms with Gasteiger partial charge in [-0.3, -0.25) is 0 Å². The van der Waals surface area contributed by atoms with E-state index in [9.17, 15) is 0 Å². The van der Waals surface area contributed by atoms with E-state index in [0.717, 1.165) is 29.7 Å². The number of hydrogen-bond acceptors (Lipinski definition) is 3. The number of aryl methyl sites for hydroxylation is 1. The summed E-state index contributed by atoms with van der Waals surface area (Å²) in [6.07, 6.45) is 7.08. The van der Waals surface area contributed by atoms with Crippen molar-refractivity contribution in [2.75, 3.05) is 11.2 Å². The summed E-state index contributed by atoms with van der Waals surface area (Å²) in [6, 6.07) is 1.97. The zero-order valence-corrected chi connectivity index (χ0v) is 10.5. The molecule has 1 aliphatic carbocycles. The Kier molecular flexibility index (Phi) is 2.47. The summed E-state index contributed by atoms with van der Waals surface area (Å²) >= 11 is 6.05. The molecule has 1 fully saturated rings. The molecule has 0 aromatic carbocycles. The second-order valence-electron chi connectivity index (χ2n) is 4.78. The first-order valence-electron chi connectivity index (χ1n) is 5.84. The molecule has 0 unspecified atom stereocenters. The molecule has 1 aliphatic rings. The summed E-state index contributed by atoms with van der Waals surface area (Å²) in [7, 11) is 1.99. The molecular weight excluding hydrogens is 236 g/mol. The van der Waals surface area contributed by atoms with Crippen LogP contribution in [0.15, 0.2) is 18.6 Å². The SMILES string of the molecule is Cn1cnc2c(NC3(CCl)CCC3)nccc21. The van der Waals surface area contributed by atoms with Crippen molar-refractivity contribution in [3.05, 3.63) is 18.6 Å². The first-order chi connectivity index (χ1) is 8.24. The van der Waals surface area contributed by atoms with Gasteiger partial charge in [-0.25, -0.2) is 9.97 Å². The minimum Gasteiger partial charge on any atom is -0.362 e. The number of imidazole rings is 1. The van der Waals surface area contributed by atoms with Crippen LogP contribution in [-0.4, -0.2) is 26.0 Å². The van der Waals surface area contributed by atoms with Crippen LogP contribution in [0.4, 0.5) is 5.82 Å². The molecule has 0 radical (unpaired) electrons. The number of alkyl halides is 1. The highest BCUT2D eigenvalue weighted by atomic mass is 35.5. The van der Waals surface area contributed by atoms with E-state index in [-0.39, 0.29) is 5.54 Å². The average Bonchev–Trinajstić information content (AvgIpc) is 2.67. The molecule has 0 spiro atoms. The van der Waals surface area contributed by atoms with Crippen molar-refractivity contribution in [3.63, 3.8) is 0 Å². The monoisotopic (exact) mass is 250 g/mol. The molecule has 5 heteroatoms. The minimum atomic E-state index is 0.0281. The summed E-state index contributed by atoms with van der Waals surface area (Å²) in [5.41, 5.74) is 2.04. The third kappa shape index (κ3) is 1.67. The van der Waals surface area contributed by atoms with Crippen molar-refractivity contribution >= 4 is 28.5 Å². The van der Waals surface area contributed by atoms with Crippen molar-refractivity contribution in [2.45, 2.75) is 24.8 Å². The molecule has 1 N–H and O–H groups in total. The molecule has 2 heterocycles. The fraction of sp³-hybridized carbons (Fsp3) is 0.500. The van der Waals surface area contributed by atoms with Crippen molar-refractivity contribution in [2.24, 2.45) is 7.05 Å². The molecule has 2 aromatic rings. The van der Waals surface area contributed by atoms with Crippen LogP contribution in [0.25, 0.3) is 11.0 Å². The van der Waals surface area contributed by atoms with Crippen molar-refractivity contribution < 1.29 is 0 Å². The Labute approximate surface area is 105 Å². The van der Waals surface area contributed by atoms with E-state index in [1.165, 1.54) is 6.42 Å². The molecule has 0 bridgehead atoms. The van der Waals surface area contributed by atoms with Crippen molar-refractivity contribution in [3.8, 4) is 0 Å². The van der Waals surface area contributed by atoms with Gasteiger partial charge in [0.15, 0.2) is 5.82 Å². The van der Waals surface area contributed by atoms with Gasteiger partial charge in [-0.2, -0.15) is 0 Å². The minimum absolute atomic E-state index is 0.0281. The lowest BCUT2D eigenvalue weighted by Crippen LogP contribution is -2.47. The first-order valence-corrected chi connectivity index (χ1v) is 6.38. The zero-order valence-electron chi connectivity index (χ0n) is 9.78. The lowest BCUT2D eigenvalue weighted by atomic mass is 9.78. The molecule has 90 valence electrons. The third-order valence-electron chi connectivity index (χ3n) is 3.59. The predicted octanol–water partition coefficient (Wildman–Crippen LogP) is 2.54. The molecule has 0 amide bonds. The van der Waals surface area contributed by atoms with E-state index in [0.29, 0.717) is 5.88 Å². The van der Waals surface area contributed by atoms with Gasteiger partial charge in [0.1, 0.15) is 5.52 Å². The smallest absolute Gasteiger partial charge is 0.154 e. The number of anilines is 1.